The summed E-state index contributed by atoms with van der Waals surface area (Å²) < 4.78 is 4.55. The van der Waals surface area contributed by atoms with Gasteiger partial charge in [0.15, 0.2) is 0 Å². The van der Waals surface area contributed by atoms with Crippen molar-refractivity contribution in [3.63, 3.8) is 0 Å². The van der Waals surface area contributed by atoms with Crippen LogP contribution < -0.4 is 16.4 Å². The molecule has 4 aromatic rings. The minimum absolute atomic E-state index is 0.240. The maximum Gasteiger partial charge on any atom is 0.325 e. The number of aliphatic imine (C=N–C) groups is 1. The summed E-state index contributed by atoms with van der Waals surface area (Å²) in [6, 6.07) is 13.8. The number of ether oxygens (including phenoxy) is 1. The molecule has 2 aromatic heterocycles. The minimum atomic E-state index is -0.851. The fraction of sp³-hybridized carbons (Fsp3) is 0.226. The summed E-state index contributed by atoms with van der Waals surface area (Å²) in [6.45, 7) is 3.57. The second kappa shape index (κ2) is 13.8. The first-order valence-electron chi connectivity index (χ1n) is 13.3. The van der Waals surface area contributed by atoms with Crippen LogP contribution in [-0.2, 0) is 9.53 Å². The summed E-state index contributed by atoms with van der Waals surface area (Å²) in [5.41, 5.74) is 9.69. The number of methoxy groups -OCH3 is 1. The minimum Gasteiger partial charge on any atom is -0.468 e. The van der Waals surface area contributed by atoms with Crippen molar-refractivity contribution in [2.45, 2.75) is 25.9 Å². The number of aromatic nitrogens is 2. The normalized spacial score (nSPS) is 11.3. The first kappa shape index (κ1) is 31.0. The number of pyridine rings is 1. The monoisotopic (exact) mass is 600 g/mol. The number of carbonyl (C=O) groups is 3. The van der Waals surface area contributed by atoms with E-state index in [-0.39, 0.29) is 12.2 Å². The zero-order chi connectivity index (χ0) is 31.0. The van der Waals surface area contributed by atoms with Crippen LogP contribution in [-0.4, -0.2) is 64.9 Å². The molecule has 2 aromatic carbocycles. The third-order valence-electron chi connectivity index (χ3n) is 6.28. The van der Waals surface area contributed by atoms with Crippen LogP contribution in [0, 0.1) is 0 Å². The first-order valence-corrected chi connectivity index (χ1v) is 14.2. The molecule has 0 saturated heterocycles. The molecule has 43 heavy (non-hydrogen) atoms. The van der Waals surface area contributed by atoms with Gasteiger partial charge in [0.1, 0.15) is 17.2 Å². The lowest BCUT2D eigenvalue weighted by atomic mass is 9.98. The quantitative estimate of drug-likeness (QED) is 0.113. The van der Waals surface area contributed by atoms with Crippen molar-refractivity contribution in [1.29, 1.82) is 0 Å². The molecule has 5 N–H and O–H groups in total. The predicted molar refractivity (Wildman–Crippen MR) is 167 cm³/mol. The van der Waals surface area contributed by atoms with Crippen molar-refractivity contribution in [2.24, 2.45) is 4.99 Å². The third-order valence-corrected chi connectivity index (χ3v) is 7.17. The van der Waals surface area contributed by atoms with Crippen molar-refractivity contribution >= 4 is 46.7 Å². The standard InChI is InChI=1S/C31H32N6O5S/c1-31(2,41)10-12-34-16-22-13-25(36-29(40)26-18-43-30(37-26)21-5-4-11-33-15-21)23(14-24(22)32)19-6-8-20(9-7-19)28(39)35-17-27(38)42-3/h4-9,11,13-16,18,41H,10,12,17,32H2,1-3H3,(H,35,39)(H,36,40). The summed E-state index contributed by atoms with van der Waals surface area (Å²) >= 11 is 1.33. The number of esters is 1. The summed E-state index contributed by atoms with van der Waals surface area (Å²) in [5.74, 6) is -1.41. The van der Waals surface area contributed by atoms with Crippen LogP contribution in [0.5, 0.6) is 0 Å². The average Bonchev–Trinajstić information content (AvgIpc) is 3.50. The molecule has 4 rings (SSSR count). The van der Waals surface area contributed by atoms with E-state index < -0.39 is 23.4 Å². The van der Waals surface area contributed by atoms with Gasteiger partial charge in [-0.1, -0.05) is 12.1 Å². The van der Waals surface area contributed by atoms with Gasteiger partial charge in [-0.2, -0.15) is 0 Å². The highest BCUT2D eigenvalue weighted by Crippen LogP contribution is 2.33. The van der Waals surface area contributed by atoms with Gasteiger partial charge in [-0.25, -0.2) is 4.98 Å². The van der Waals surface area contributed by atoms with Crippen molar-refractivity contribution < 1.29 is 24.2 Å². The highest BCUT2D eigenvalue weighted by Gasteiger charge is 2.17. The Kier molecular flexibility index (Phi) is 9.96. The van der Waals surface area contributed by atoms with E-state index in [0.717, 1.165) is 5.56 Å². The number of aliphatic hydroxyl groups is 1. The zero-order valence-electron chi connectivity index (χ0n) is 24.0. The molecule has 0 spiro atoms. The summed E-state index contributed by atoms with van der Waals surface area (Å²) in [4.78, 5) is 50.1. The SMILES string of the molecule is COC(=O)CNC(=O)c1ccc(-c2cc(N)c(C=NCCC(C)(C)O)cc2NC(=O)c2csc(-c3cccnc3)n2)cc1. The van der Waals surface area contributed by atoms with Gasteiger partial charge in [0, 0.05) is 64.2 Å². The van der Waals surface area contributed by atoms with Gasteiger partial charge in [0.05, 0.1) is 12.7 Å². The number of carbonyl (C=O) groups excluding carboxylic acids is 3. The van der Waals surface area contributed by atoms with E-state index in [9.17, 15) is 19.5 Å². The number of anilines is 2. The Balaban J connectivity index is 1.63. The number of rotatable bonds is 11. The van der Waals surface area contributed by atoms with Gasteiger partial charge in [0.25, 0.3) is 11.8 Å². The van der Waals surface area contributed by atoms with Gasteiger partial charge in [-0.15, -0.1) is 11.3 Å². The molecule has 0 saturated carbocycles. The van der Waals surface area contributed by atoms with E-state index in [4.69, 9.17) is 5.73 Å². The molecule has 0 aliphatic heterocycles. The van der Waals surface area contributed by atoms with Crippen LogP contribution in [0.25, 0.3) is 21.7 Å². The maximum atomic E-state index is 13.3. The summed E-state index contributed by atoms with van der Waals surface area (Å²) in [6.07, 6.45) is 5.42. The lowest BCUT2D eigenvalue weighted by molar-refractivity contribution is -0.139. The van der Waals surface area contributed by atoms with Crippen molar-refractivity contribution in [2.75, 3.05) is 31.2 Å². The second-order valence-corrected chi connectivity index (χ2v) is 11.1. The van der Waals surface area contributed by atoms with Crippen LogP contribution in [0.3, 0.4) is 0 Å². The van der Waals surface area contributed by atoms with Gasteiger partial charge in [-0.05, 0) is 62.2 Å². The third kappa shape index (κ3) is 8.53. The second-order valence-electron chi connectivity index (χ2n) is 10.2. The number of benzene rings is 2. The topological polar surface area (TPSA) is 169 Å². The molecular weight excluding hydrogens is 568 g/mol. The fourth-order valence-corrected chi connectivity index (χ4v) is 4.69. The average molecular weight is 601 g/mol. The Morgan fingerprint density at radius 3 is 2.56 bits per heavy atom. The number of nitrogen functional groups attached to an aromatic ring is 1. The number of amides is 2. The van der Waals surface area contributed by atoms with Crippen LogP contribution in [0.1, 0.15) is 46.7 Å². The van der Waals surface area contributed by atoms with Gasteiger partial charge in [0.2, 0.25) is 0 Å². The molecule has 2 heterocycles. The van der Waals surface area contributed by atoms with Crippen LogP contribution >= 0.6 is 11.3 Å². The molecule has 0 fully saturated rings. The highest BCUT2D eigenvalue weighted by atomic mass is 32.1. The van der Waals surface area contributed by atoms with Crippen LogP contribution in [0.15, 0.2) is 71.3 Å². The van der Waals surface area contributed by atoms with Crippen LogP contribution in [0.4, 0.5) is 11.4 Å². The lowest BCUT2D eigenvalue weighted by Gasteiger charge is -2.15. The van der Waals surface area contributed by atoms with Crippen molar-refractivity contribution in [3.8, 4) is 21.7 Å². The Labute approximate surface area is 252 Å². The Morgan fingerprint density at radius 2 is 1.88 bits per heavy atom. The fourth-order valence-electron chi connectivity index (χ4n) is 3.90. The maximum absolute atomic E-state index is 13.3. The van der Waals surface area contributed by atoms with E-state index >= 15 is 0 Å². The van der Waals surface area contributed by atoms with E-state index in [1.54, 1.807) is 80.3 Å². The number of hydrogen-bond acceptors (Lipinski definition) is 10. The van der Waals surface area contributed by atoms with Crippen molar-refractivity contribution in [3.05, 3.63) is 83.1 Å². The number of thiazole rings is 1. The molecule has 0 bridgehead atoms. The highest BCUT2D eigenvalue weighted by molar-refractivity contribution is 7.13. The lowest BCUT2D eigenvalue weighted by Crippen LogP contribution is -2.30. The number of hydrogen-bond donors (Lipinski definition) is 4. The molecule has 0 aliphatic rings. The van der Waals surface area contributed by atoms with Crippen LogP contribution in [0.2, 0.25) is 0 Å². The first-order chi connectivity index (χ1) is 20.5. The van der Waals surface area contributed by atoms with Gasteiger partial charge >= 0.3 is 5.97 Å². The van der Waals surface area contributed by atoms with Crippen molar-refractivity contribution in [1.82, 2.24) is 15.3 Å². The molecule has 0 aliphatic carbocycles. The van der Waals surface area contributed by atoms with E-state index in [1.165, 1.54) is 18.4 Å². The van der Waals surface area contributed by atoms with Gasteiger partial charge in [-0.3, -0.25) is 24.4 Å². The Morgan fingerprint density at radius 1 is 1.12 bits per heavy atom. The molecule has 2 amide bonds. The Bertz CT molecular complexity index is 1630. The Hall–Kier alpha value is -4.94. The predicted octanol–water partition coefficient (Wildman–Crippen LogP) is 4.19. The molecule has 11 nitrogen and oxygen atoms in total. The smallest absolute Gasteiger partial charge is 0.325 e. The molecule has 0 radical (unpaired) electrons. The number of nitrogens with zero attached hydrogens (tertiary/aromatic N) is 3. The van der Waals surface area contributed by atoms with E-state index in [0.29, 0.717) is 51.6 Å². The number of nitrogens with two attached hydrogens (primary N) is 1. The van der Waals surface area contributed by atoms with Gasteiger partial charge < -0.3 is 26.2 Å². The largest absolute Gasteiger partial charge is 0.468 e. The van der Waals surface area contributed by atoms with E-state index in [2.05, 4.69) is 30.3 Å². The number of nitrogens with one attached hydrogen (secondary N) is 2. The van der Waals surface area contributed by atoms with E-state index in [1.807, 2.05) is 6.07 Å². The summed E-state index contributed by atoms with van der Waals surface area (Å²) in [5, 5.41) is 17.8. The molecule has 12 heteroatoms. The zero-order valence-corrected chi connectivity index (χ0v) is 24.8. The molecular formula is C31H32N6O5S. The molecule has 0 atom stereocenters. The molecule has 0 unspecified atom stereocenters. The molecule has 222 valence electrons. The summed E-state index contributed by atoms with van der Waals surface area (Å²) in [7, 11) is 1.24.